The Kier molecular flexibility index (Phi) is 5.89. The summed E-state index contributed by atoms with van der Waals surface area (Å²) < 4.78 is 40.3. The molecule has 1 amide bonds. The molecule has 5 N–H and O–H groups in total. The monoisotopic (exact) mass is 475 g/mol. The zero-order valence-corrected chi connectivity index (χ0v) is 18.6. The summed E-state index contributed by atoms with van der Waals surface area (Å²) in [6.07, 6.45) is 1.89. The summed E-state index contributed by atoms with van der Waals surface area (Å²) in [4.78, 5) is 17.5. The molecule has 10 nitrogen and oxygen atoms in total. The standard InChI is InChI=1S/C21H26FN7O3S/c22-14-10-25-20-18(19(23)27-29(20)12-14)21(30)26-17-11-24-7-6-16(17)13-2-4-15(5-3-13)33(31,32)28-8-1-9-28/h2-7,11,14,18-20,25,27H,1,8-10,12,23H2,(H,26,30). The number of benzene rings is 1. The highest BCUT2D eigenvalue weighted by molar-refractivity contribution is 7.89. The Morgan fingerprint density at radius 1 is 1.21 bits per heavy atom. The van der Waals surface area contributed by atoms with Crippen LogP contribution in [0.5, 0.6) is 0 Å². The van der Waals surface area contributed by atoms with E-state index in [-0.39, 0.29) is 23.9 Å². The molecule has 3 fully saturated rings. The van der Waals surface area contributed by atoms with E-state index in [0.29, 0.717) is 24.3 Å². The van der Waals surface area contributed by atoms with Gasteiger partial charge in [-0.3, -0.25) is 15.1 Å². The molecule has 2 aromatic rings. The van der Waals surface area contributed by atoms with Crippen molar-refractivity contribution in [1.82, 2.24) is 25.0 Å². The number of alkyl halides is 1. The van der Waals surface area contributed by atoms with E-state index in [1.807, 2.05) is 0 Å². The van der Waals surface area contributed by atoms with Crippen LogP contribution in [0.1, 0.15) is 6.42 Å². The van der Waals surface area contributed by atoms with E-state index in [4.69, 9.17) is 5.73 Å². The largest absolute Gasteiger partial charge is 0.324 e. The fourth-order valence-electron chi connectivity index (χ4n) is 4.42. The number of nitrogens with zero attached hydrogens (tertiary/aromatic N) is 3. The summed E-state index contributed by atoms with van der Waals surface area (Å²) >= 11 is 0. The smallest absolute Gasteiger partial charge is 0.243 e. The Bertz CT molecular complexity index is 1140. The molecule has 176 valence electrons. The lowest BCUT2D eigenvalue weighted by atomic mass is 10.0. The number of halogens is 1. The number of hydrazine groups is 1. The maximum absolute atomic E-state index is 13.7. The van der Waals surface area contributed by atoms with Crippen molar-refractivity contribution in [1.29, 1.82) is 0 Å². The summed E-state index contributed by atoms with van der Waals surface area (Å²) in [7, 11) is -3.47. The van der Waals surface area contributed by atoms with Gasteiger partial charge in [0.1, 0.15) is 6.17 Å². The molecule has 1 aromatic heterocycles. The maximum atomic E-state index is 13.7. The van der Waals surface area contributed by atoms with Gasteiger partial charge in [-0.25, -0.2) is 23.2 Å². The molecule has 3 aliphatic rings. The van der Waals surface area contributed by atoms with Gasteiger partial charge in [0.2, 0.25) is 15.9 Å². The molecule has 3 aliphatic heterocycles. The van der Waals surface area contributed by atoms with Gasteiger partial charge in [0.05, 0.1) is 35.0 Å². The van der Waals surface area contributed by atoms with Gasteiger partial charge in [-0.15, -0.1) is 0 Å². The van der Waals surface area contributed by atoms with Gasteiger partial charge in [-0.2, -0.15) is 4.31 Å². The van der Waals surface area contributed by atoms with Crippen molar-refractivity contribution in [2.75, 3.05) is 31.5 Å². The van der Waals surface area contributed by atoms with Gasteiger partial charge in [-0.1, -0.05) is 12.1 Å². The van der Waals surface area contributed by atoms with Crippen molar-refractivity contribution in [2.45, 2.75) is 29.8 Å². The number of amides is 1. The summed E-state index contributed by atoms with van der Waals surface area (Å²) in [5.41, 5.74) is 11.0. The van der Waals surface area contributed by atoms with E-state index >= 15 is 0 Å². The third-order valence-electron chi connectivity index (χ3n) is 6.32. The summed E-state index contributed by atoms with van der Waals surface area (Å²) in [6.45, 7) is 1.40. The van der Waals surface area contributed by atoms with Crippen LogP contribution in [-0.4, -0.2) is 73.3 Å². The van der Waals surface area contributed by atoms with Crippen LogP contribution in [0.2, 0.25) is 0 Å². The number of rotatable bonds is 5. The number of fused-ring (bicyclic) bond motifs is 1. The SMILES string of the molecule is NC1NN2CC(F)CNC2C1C(=O)Nc1cnccc1-c1ccc(S(=O)(=O)N2CCC2)cc1. The van der Waals surface area contributed by atoms with Crippen LogP contribution >= 0.6 is 0 Å². The number of nitrogens with one attached hydrogen (secondary N) is 3. The average Bonchev–Trinajstić information content (AvgIpc) is 3.07. The number of nitrogens with two attached hydrogens (primary N) is 1. The van der Waals surface area contributed by atoms with Gasteiger partial charge >= 0.3 is 0 Å². The Hall–Kier alpha value is -2.48. The van der Waals surface area contributed by atoms with Crippen LogP contribution < -0.4 is 21.8 Å². The number of sulfonamides is 1. The maximum Gasteiger partial charge on any atom is 0.243 e. The van der Waals surface area contributed by atoms with Gasteiger partial charge in [-0.05, 0) is 30.2 Å². The predicted octanol–water partition coefficient (Wildman–Crippen LogP) is 0.0701. The molecular weight excluding hydrogens is 449 g/mol. The molecule has 0 saturated carbocycles. The van der Waals surface area contributed by atoms with Crippen LogP contribution in [0.4, 0.5) is 10.1 Å². The third kappa shape index (κ3) is 4.14. The zero-order chi connectivity index (χ0) is 23.2. The minimum Gasteiger partial charge on any atom is -0.324 e. The van der Waals surface area contributed by atoms with Gasteiger partial charge in [0, 0.05) is 37.9 Å². The van der Waals surface area contributed by atoms with E-state index in [1.165, 1.54) is 10.5 Å². The molecule has 0 bridgehead atoms. The molecule has 0 aliphatic carbocycles. The summed E-state index contributed by atoms with van der Waals surface area (Å²) in [6, 6.07) is 8.32. The molecule has 3 saturated heterocycles. The minimum absolute atomic E-state index is 0.153. The quantitative estimate of drug-likeness (QED) is 0.478. The fourth-order valence-corrected chi connectivity index (χ4v) is 5.94. The molecule has 4 heterocycles. The van der Waals surface area contributed by atoms with Crippen molar-refractivity contribution in [3.8, 4) is 11.1 Å². The molecular formula is C21H26FN7O3S. The minimum atomic E-state index is -3.47. The second kappa shape index (κ2) is 8.70. The number of pyridine rings is 1. The summed E-state index contributed by atoms with van der Waals surface area (Å²) in [5.74, 6) is -0.965. The number of carbonyl (C=O) groups excluding carboxylic acids is 1. The number of hydrogen-bond acceptors (Lipinski definition) is 8. The molecule has 0 spiro atoms. The average molecular weight is 476 g/mol. The Morgan fingerprint density at radius 3 is 2.67 bits per heavy atom. The normalized spacial score (nSPS) is 28.2. The molecule has 4 unspecified atom stereocenters. The van der Waals surface area contributed by atoms with Gasteiger partial charge in [0.15, 0.2) is 0 Å². The van der Waals surface area contributed by atoms with Crippen LogP contribution in [0.3, 0.4) is 0 Å². The second-order valence-corrected chi connectivity index (χ2v) is 10.4. The first-order valence-electron chi connectivity index (χ1n) is 10.9. The Morgan fingerprint density at radius 2 is 1.97 bits per heavy atom. The van der Waals surface area contributed by atoms with E-state index in [0.717, 1.165) is 12.0 Å². The lowest BCUT2D eigenvalue weighted by Crippen LogP contribution is -2.58. The topological polar surface area (TPSA) is 133 Å². The lowest BCUT2D eigenvalue weighted by Gasteiger charge is -2.33. The molecule has 5 rings (SSSR count). The van der Waals surface area contributed by atoms with Crippen molar-refractivity contribution < 1.29 is 17.6 Å². The van der Waals surface area contributed by atoms with Crippen molar-refractivity contribution in [3.05, 3.63) is 42.7 Å². The highest BCUT2D eigenvalue weighted by Gasteiger charge is 2.47. The Labute approximate surface area is 191 Å². The molecule has 4 atom stereocenters. The molecule has 1 aromatic carbocycles. The second-order valence-electron chi connectivity index (χ2n) is 8.48. The highest BCUT2D eigenvalue weighted by atomic mass is 32.2. The van der Waals surface area contributed by atoms with Crippen LogP contribution in [0.25, 0.3) is 11.1 Å². The van der Waals surface area contributed by atoms with Crippen molar-refractivity contribution >= 4 is 21.6 Å². The van der Waals surface area contributed by atoms with E-state index in [9.17, 15) is 17.6 Å². The lowest BCUT2D eigenvalue weighted by molar-refractivity contribution is -0.121. The third-order valence-corrected chi connectivity index (χ3v) is 8.23. The first-order valence-corrected chi connectivity index (χ1v) is 12.3. The number of anilines is 1. The first kappa shape index (κ1) is 22.3. The first-order chi connectivity index (χ1) is 15.8. The number of carbonyl (C=O) groups is 1. The van der Waals surface area contributed by atoms with E-state index < -0.39 is 34.4 Å². The van der Waals surface area contributed by atoms with E-state index in [2.05, 4.69) is 21.0 Å². The van der Waals surface area contributed by atoms with Crippen LogP contribution in [-0.2, 0) is 14.8 Å². The zero-order valence-electron chi connectivity index (χ0n) is 17.8. The number of hydrogen-bond donors (Lipinski definition) is 4. The van der Waals surface area contributed by atoms with Gasteiger partial charge < -0.3 is 11.1 Å². The van der Waals surface area contributed by atoms with E-state index in [1.54, 1.807) is 41.5 Å². The van der Waals surface area contributed by atoms with Crippen LogP contribution in [0, 0.1) is 5.92 Å². The molecule has 0 radical (unpaired) electrons. The van der Waals surface area contributed by atoms with Crippen LogP contribution in [0.15, 0.2) is 47.6 Å². The number of aromatic nitrogens is 1. The molecule has 12 heteroatoms. The Balaban J connectivity index is 1.36. The predicted molar refractivity (Wildman–Crippen MR) is 120 cm³/mol. The van der Waals surface area contributed by atoms with Gasteiger partial charge in [0.25, 0.3) is 0 Å². The van der Waals surface area contributed by atoms with Crippen molar-refractivity contribution in [3.63, 3.8) is 0 Å². The highest BCUT2D eigenvalue weighted by Crippen LogP contribution is 2.31. The molecule has 33 heavy (non-hydrogen) atoms. The fraction of sp³-hybridized carbons (Fsp3) is 0.429. The van der Waals surface area contributed by atoms with Crippen molar-refractivity contribution in [2.24, 2.45) is 11.7 Å². The summed E-state index contributed by atoms with van der Waals surface area (Å²) in [5, 5.41) is 7.56.